The molecule has 3 nitrogen and oxygen atoms in total. The van der Waals surface area contributed by atoms with E-state index in [9.17, 15) is 4.79 Å². The van der Waals surface area contributed by atoms with E-state index in [1.165, 1.54) is 19.3 Å². The molecular weight excluding hydrogens is 260 g/mol. The molecule has 2 aliphatic carbocycles. The molecule has 2 fully saturated rings. The third-order valence-corrected chi connectivity index (χ3v) is 5.98. The predicted molar refractivity (Wildman–Crippen MR) is 86.5 cm³/mol. The van der Waals surface area contributed by atoms with E-state index in [0.717, 1.165) is 17.2 Å². The van der Waals surface area contributed by atoms with Gasteiger partial charge in [0, 0.05) is 24.3 Å². The van der Waals surface area contributed by atoms with Crippen molar-refractivity contribution in [3.05, 3.63) is 29.8 Å². The van der Waals surface area contributed by atoms with Crippen molar-refractivity contribution in [3.63, 3.8) is 0 Å². The molecule has 1 amide bonds. The average molecular weight is 286 g/mol. The van der Waals surface area contributed by atoms with Gasteiger partial charge in [-0.3, -0.25) is 4.79 Å². The number of nitrogens with one attached hydrogen (secondary N) is 2. The molecule has 3 unspecified atom stereocenters. The van der Waals surface area contributed by atoms with E-state index in [0.29, 0.717) is 0 Å². The second-order valence-corrected chi connectivity index (χ2v) is 7.65. The topological polar surface area (TPSA) is 41.1 Å². The Kier molecular flexibility index (Phi) is 3.27. The Morgan fingerprint density at radius 3 is 2.38 bits per heavy atom. The zero-order valence-corrected chi connectivity index (χ0v) is 13.5. The number of hydrogen-bond donors (Lipinski definition) is 2. The fourth-order valence-electron chi connectivity index (χ4n) is 4.66. The second-order valence-electron chi connectivity index (χ2n) is 7.65. The molecule has 21 heavy (non-hydrogen) atoms. The van der Waals surface area contributed by atoms with Crippen molar-refractivity contribution in [2.75, 3.05) is 12.4 Å². The summed E-state index contributed by atoms with van der Waals surface area (Å²) in [5, 5.41) is 6.41. The maximum atomic E-state index is 12.6. The van der Waals surface area contributed by atoms with Crippen LogP contribution in [0.15, 0.2) is 24.3 Å². The molecule has 3 heteroatoms. The number of carbonyl (C=O) groups excluding carboxylic acids is 1. The quantitative estimate of drug-likeness (QED) is 0.890. The van der Waals surface area contributed by atoms with E-state index in [4.69, 9.17) is 0 Å². The first-order valence-electron chi connectivity index (χ1n) is 7.95. The van der Waals surface area contributed by atoms with E-state index in [2.05, 4.69) is 31.4 Å². The van der Waals surface area contributed by atoms with Crippen LogP contribution in [0.1, 0.15) is 50.4 Å². The van der Waals surface area contributed by atoms with Crippen molar-refractivity contribution in [1.29, 1.82) is 0 Å². The molecule has 2 saturated carbocycles. The summed E-state index contributed by atoms with van der Waals surface area (Å²) in [6.07, 6.45) is 3.81. The van der Waals surface area contributed by atoms with E-state index in [-0.39, 0.29) is 22.8 Å². The van der Waals surface area contributed by atoms with Crippen LogP contribution in [0.4, 0.5) is 5.69 Å². The molecular formula is C18H26N2O. The molecule has 1 aromatic rings. The molecule has 3 rings (SSSR count). The Hall–Kier alpha value is -1.51. The highest BCUT2D eigenvalue weighted by Crippen LogP contribution is 2.62. The molecule has 0 aromatic heterocycles. The SMILES string of the molecule is CNc1ccc(C(=O)NC2C3(C)CCC(C3)C2(C)C)cc1. The molecule has 114 valence electrons. The third-order valence-electron chi connectivity index (χ3n) is 5.98. The summed E-state index contributed by atoms with van der Waals surface area (Å²) in [4.78, 5) is 12.6. The van der Waals surface area contributed by atoms with Gasteiger partial charge in [0.1, 0.15) is 0 Å². The largest absolute Gasteiger partial charge is 0.388 e. The van der Waals surface area contributed by atoms with Crippen LogP contribution in [-0.2, 0) is 0 Å². The predicted octanol–water partition coefficient (Wildman–Crippen LogP) is 3.67. The van der Waals surface area contributed by atoms with Crippen molar-refractivity contribution in [2.24, 2.45) is 16.7 Å². The number of benzene rings is 1. The zero-order chi connectivity index (χ0) is 15.3. The highest BCUT2D eigenvalue weighted by Gasteiger charge is 2.59. The number of fused-ring (bicyclic) bond motifs is 2. The van der Waals surface area contributed by atoms with E-state index in [1.807, 2.05) is 31.3 Å². The fourth-order valence-corrected chi connectivity index (χ4v) is 4.66. The monoisotopic (exact) mass is 286 g/mol. The Bertz CT molecular complexity index is 544. The maximum Gasteiger partial charge on any atom is 0.251 e. The van der Waals surface area contributed by atoms with Gasteiger partial charge < -0.3 is 10.6 Å². The van der Waals surface area contributed by atoms with Gasteiger partial charge in [0.15, 0.2) is 0 Å². The highest BCUT2D eigenvalue weighted by molar-refractivity contribution is 5.94. The van der Waals surface area contributed by atoms with Crippen molar-refractivity contribution < 1.29 is 4.79 Å². The number of amides is 1. The first kappa shape index (κ1) is 14.4. The molecule has 0 heterocycles. The van der Waals surface area contributed by atoms with Gasteiger partial charge in [-0.15, -0.1) is 0 Å². The first-order valence-corrected chi connectivity index (χ1v) is 7.95. The molecule has 0 saturated heterocycles. The minimum absolute atomic E-state index is 0.0597. The lowest BCUT2D eigenvalue weighted by Crippen LogP contribution is -2.52. The van der Waals surface area contributed by atoms with E-state index >= 15 is 0 Å². The minimum Gasteiger partial charge on any atom is -0.388 e. The number of hydrogen-bond acceptors (Lipinski definition) is 2. The first-order chi connectivity index (χ1) is 9.87. The van der Waals surface area contributed by atoms with Gasteiger partial charge in [-0.25, -0.2) is 0 Å². The summed E-state index contributed by atoms with van der Waals surface area (Å²) in [6, 6.07) is 7.96. The number of anilines is 1. The summed E-state index contributed by atoms with van der Waals surface area (Å²) in [5.74, 6) is 0.809. The van der Waals surface area contributed by atoms with Gasteiger partial charge in [-0.05, 0) is 60.3 Å². The van der Waals surface area contributed by atoms with Gasteiger partial charge in [0.25, 0.3) is 5.91 Å². The van der Waals surface area contributed by atoms with Crippen LogP contribution in [-0.4, -0.2) is 19.0 Å². The number of carbonyl (C=O) groups is 1. The van der Waals surface area contributed by atoms with Crippen LogP contribution < -0.4 is 10.6 Å². The minimum atomic E-state index is 0.0597. The Labute approximate surface area is 127 Å². The van der Waals surface area contributed by atoms with E-state index in [1.54, 1.807) is 0 Å². The molecule has 0 spiro atoms. The summed E-state index contributed by atoms with van der Waals surface area (Å²) >= 11 is 0. The Morgan fingerprint density at radius 2 is 1.86 bits per heavy atom. The van der Waals surface area contributed by atoms with Crippen molar-refractivity contribution >= 4 is 11.6 Å². The molecule has 0 aliphatic heterocycles. The molecule has 1 aromatic carbocycles. The van der Waals surface area contributed by atoms with Gasteiger partial charge in [0.05, 0.1) is 0 Å². The molecule has 0 radical (unpaired) electrons. The van der Waals surface area contributed by atoms with Gasteiger partial charge in [0.2, 0.25) is 0 Å². The summed E-state index contributed by atoms with van der Waals surface area (Å²) < 4.78 is 0. The highest BCUT2D eigenvalue weighted by atomic mass is 16.1. The van der Waals surface area contributed by atoms with Crippen LogP contribution in [0.5, 0.6) is 0 Å². The van der Waals surface area contributed by atoms with Crippen LogP contribution >= 0.6 is 0 Å². The van der Waals surface area contributed by atoms with Crippen molar-refractivity contribution in [1.82, 2.24) is 5.32 Å². The van der Waals surface area contributed by atoms with Gasteiger partial charge in [-0.1, -0.05) is 20.8 Å². The van der Waals surface area contributed by atoms with Crippen LogP contribution in [0.2, 0.25) is 0 Å². The van der Waals surface area contributed by atoms with Crippen LogP contribution in [0.25, 0.3) is 0 Å². The Morgan fingerprint density at radius 1 is 1.19 bits per heavy atom. The molecule has 2 aliphatic rings. The normalized spacial score (nSPS) is 33.0. The maximum absolute atomic E-state index is 12.6. The lowest BCUT2D eigenvalue weighted by Gasteiger charge is -2.43. The lowest BCUT2D eigenvalue weighted by molar-refractivity contribution is 0.0737. The van der Waals surface area contributed by atoms with Crippen LogP contribution in [0.3, 0.4) is 0 Å². The van der Waals surface area contributed by atoms with Gasteiger partial charge in [-0.2, -0.15) is 0 Å². The third kappa shape index (κ3) is 2.23. The van der Waals surface area contributed by atoms with Crippen LogP contribution in [0, 0.1) is 16.7 Å². The lowest BCUT2D eigenvalue weighted by atomic mass is 9.68. The molecule has 2 bridgehead atoms. The summed E-state index contributed by atoms with van der Waals surface area (Å²) in [5.41, 5.74) is 2.25. The van der Waals surface area contributed by atoms with Gasteiger partial charge >= 0.3 is 0 Å². The molecule has 3 atom stereocenters. The average Bonchev–Trinajstić information content (AvgIpc) is 2.94. The standard InChI is InChI=1S/C18H26N2O/c1-17(2)13-9-10-18(3,11-13)16(17)20-15(21)12-5-7-14(19-4)8-6-12/h5-8,13,16,19H,9-11H2,1-4H3,(H,20,21). The summed E-state index contributed by atoms with van der Waals surface area (Å²) in [7, 11) is 1.88. The molecule has 2 N–H and O–H groups in total. The second kappa shape index (κ2) is 4.75. The van der Waals surface area contributed by atoms with Crippen molar-refractivity contribution in [2.45, 2.75) is 46.1 Å². The zero-order valence-electron chi connectivity index (χ0n) is 13.5. The van der Waals surface area contributed by atoms with E-state index < -0.39 is 0 Å². The fraction of sp³-hybridized carbons (Fsp3) is 0.611. The summed E-state index contributed by atoms with van der Waals surface area (Å²) in [6.45, 7) is 6.98. The Balaban J connectivity index is 1.78. The van der Waals surface area contributed by atoms with Crippen molar-refractivity contribution in [3.8, 4) is 0 Å². The smallest absolute Gasteiger partial charge is 0.251 e. The number of rotatable bonds is 3.